The monoisotopic (exact) mass is 173 g/mol. The smallest absolute Gasteiger partial charge is 0.0822 e. The van der Waals surface area contributed by atoms with Crippen molar-refractivity contribution in [2.24, 2.45) is 0 Å². The first-order valence-corrected chi connectivity index (χ1v) is 5.40. The lowest BCUT2D eigenvalue weighted by Gasteiger charge is -2.17. The minimum atomic E-state index is 0.491. The van der Waals surface area contributed by atoms with Crippen LogP contribution in [0.2, 0.25) is 0 Å². The molecule has 0 aliphatic carbocycles. The normalized spacial score (nSPS) is 45.0. The molecule has 2 rings (SSSR count). The summed E-state index contributed by atoms with van der Waals surface area (Å²) < 4.78 is 5.60. The zero-order valence-corrected chi connectivity index (χ0v) is 7.69. The summed E-state index contributed by atoms with van der Waals surface area (Å²) in [6.45, 7) is 3.21. The van der Waals surface area contributed by atoms with E-state index in [1.807, 2.05) is 11.8 Å². The molecule has 0 aromatic rings. The first-order valence-electron chi connectivity index (χ1n) is 4.35. The molecule has 2 nitrogen and oxygen atoms in total. The largest absolute Gasteiger partial charge is 0.376 e. The van der Waals surface area contributed by atoms with Gasteiger partial charge in [0.25, 0.3) is 0 Å². The third-order valence-electron chi connectivity index (χ3n) is 2.28. The second kappa shape index (κ2) is 3.33. The van der Waals surface area contributed by atoms with E-state index in [4.69, 9.17) is 4.74 Å². The molecule has 11 heavy (non-hydrogen) atoms. The average Bonchev–Trinajstić information content (AvgIpc) is 2.55. The van der Waals surface area contributed by atoms with Crippen LogP contribution in [-0.4, -0.2) is 29.9 Å². The van der Waals surface area contributed by atoms with Crippen molar-refractivity contribution in [3.8, 4) is 0 Å². The summed E-state index contributed by atoms with van der Waals surface area (Å²) in [5, 5.41) is 4.11. The molecule has 2 fully saturated rings. The van der Waals surface area contributed by atoms with Gasteiger partial charge in [0.15, 0.2) is 0 Å². The SMILES string of the molecule is CC1CSC(C2CCCO2)N1. The first-order chi connectivity index (χ1) is 5.36. The molecule has 2 heterocycles. The quantitative estimate of drug-likeness (QED) is 0.644. The van der Waals surface area contributed by atoms with Crippen LogP contribution in [0.4, 0.5) is 0 Å². The number of ether oxygens (including phenoxy) is 1. The van der Waals surface area contributed by atoms with Gasteiger partial charge < -0.3 is 4.74 Å². The van der Waals surface area contributed by atoms with E-state index in [9.17, 15) is 0 Å². The zero-order chi connectivity index (χ0) is 7.68. The molecule has 64 valence electrons. The van der Waals surface area contributed by atoms with Gasteiger partial charge >= 0.3 is 0 Å². The molecule has 0 bridgehead atoms. The Hall–Kier alpha value is 0.270. The van der Waals surface area contributed by atoms with Crippen molar-refractivity contribution in [2.45, 2.75) is 37.3 Å². The molecule has 0 radical (unpaired) electrons. The third-order valence-corrected chi connectivity index (χ3v) is 3.77. The molecule has 2 aliphatic heterocycles. The standard InChI is InChI=1S/C8H15NOS/c1-6-5-11-8(9-6)7-3-2-4-10-7/h6-9H,2-5H2,1H3. The molecular formula is C8H15NOS. The van der Waals surface area contributed by atoms with Crippen LogP contribution < -0.4 is 5.32 Å². The van der Waals surface area contributed by atoms with Crippen molar-refractivity contribution < 1.29 is 4.74 Å². The Bertz CT molecular complexity index is 136. The Morgan fingerprint density at radius 1 is 1.55 bits per heavy atom. The van der Waals surface area contributed by atoms with Gasteiger partial charge in [-0.3, -0.25) is 5.32 Å². The molecule has 0 amide bonds. The van der Waals surface area contributed by atoms with Gasteiger partial charge in [-0.25, -0.2) is 0 Å². The van der Waals surface area contributed by atoms with Crippen LogP contribution in [0.5, 0.6) is 0 Å². The Balaban J connectivity index is 1.85. The lowest BCUT2D eigenvalue weighted by molar-refractivity contribution is 0.102. The van der Waals surface area contributed by atoms with Gasteiger partial charge in [-0.2, -0.15) is 0 Å². The molecule has 1 N–H and O–H groups in total. The van der Waals surface area contributed by atoms with Crippen LogP contribution in [0.15, 0.2) is 0 Å². The maximum absolute atomic E-state index is 5.60. The Morgan fingerprint density at radius 3 is 3.00 bits per heavy atom. The zero-order valence-electron chi connectivity index (χ0n) is 6.88. The molecule has 0 aromatic heterocycles. The van der Waals surface area contributed by atoms with Gasteiger partial charge in [-0.15, -0.1) is 11.8 Å². The maximum atomic E-state index is 5.60. The van der Waals surface area contributed by atoms with Crippen LogP contribution in [0.25, 0.3) is 0 Å². The van der Waals surface area contributed by atoms with Crippen LogP contribution >= 0.6 is 11.8 Å². The highest BCUT2D eigenvalue weighted by atomic mass is 32.2. The van der Waals surface area contributed by atoms with Gasteiger partial charge in [0, 0.05) is 18.4 Å². The number of rotatable bonds is 1. The number of nitrogens with one attached hydrogen (secondary N) is 1. The fraction of sp³-hybridized carbons (Fsp3) is 1.00. The topological polar surface area (TPSA) is 21.3 Å². The minimum absolute atomic E-state index is 0.491. The molecule has 0 spiro atoms. The third kappa shape index (κ3) is 1.71. The summed E-state index contributed by atoms with van der Waals surface area (Å²) >= 11 is 2.01. The molecule has 2 saturated heterocycles. The van der Waals surface area contributed by atoms with Gasteiger partial charge in [0.1, 0.15) is 0 Å². The first kappa shape index (κ1) is 7.90. The van der Waals surface area contributed by atoms with E-state index in [1.165, 1.54) is 18.6 Å². The van der Waals surface area contributed by atoms with Crippen molar-refractivity contribution in [1.82, 2.24) is 5.32 Å². The van der Waals surface area contributed by atoms with Crippen molar-refractivity contribution in [2.75, 3.05) is 12.4 Å². The van der Waals surface area contributed by atoms with Crippen molar-refractivity contribution in [1.29, 1.82) is 0 Å². The number of hydrogen-bond donors (Lipinski definition) is 1. The van der Waals surface area contributed by atoms with E-state index in [-0.39, 0.29) is 0 Å². The molecule has 2 aliphatic rings. The lowest BCUT2D eigenvalue weighted by Crippen LogP contribution is -2.35. The highest BCUT2D eigenvalue weighted by Crippen LogP contribution is 2.28. The van der Waals surface area contributed by atoms with Gasteiger partial charge in [-0.1, -0.05) is 0 Å². The second-order valence-corrected chi connectivity index (χ2v) is 4.55. The van der Waals surface area contributed by atoms with Gasteiger partial charge in [-0.05, 0) is 19.8 Å². The van der Waals surface area contributed by atoms with Gasteiger partial charge in [0.2, 0.25) is 0 Å². The number of thioether (sulfide) groups is 1. The molecule has 3 atom stereocenters. The lowest BCUT2D eigenvalue weighted by atomic mass is 10.2. The van der Waals surface area contributed by atoms with Crippen molar-refractivity contribution in [3.05, 3.63) is 0 Å². The highest BCUT2D eigenvalue weighted by Gasteiger charge is 2.31. The summed E-state index contributed by atoms with van der Waals surface area (Å²) in [5.41, 5.74) is 0. The van der Waals surface area contributed by atoms with Crippen molar-refractivity contribution >= 4 is 11.8 Å². The fourth-order valence-electron chi connectivity index (χ4n) is 1.68. The van der Waals surface area contributed by atoms with E-state index < -0.39 is 0 Å². The Morgan fingerprint density at radius 2 is 2.45 bits per heavy atom. The Labute approximate surface area is 72.1 Å². The van der Waals surface area contributed by atoms with E-state index in [1.54, 1.807) is 0 Å². The summed E-state index contributed by atoms with van der Waals surface area (Å²) in [7, 11) is 0. The minimum Gasteiger partial charge on any atom is -0.376 e. The summed E-state index contributed by atoms with van der Waals surface area (Å²) in [5.74, 6) is 1.24. The van der Waals surface area contributed by atoms with Crippen LogP contribution in [0.1, 0.15) is 19.8 Å². The van der Waals surface area contributed by atoms with E-state index in [0.717, 1.165) is 6.61 Å². The molecule has 3 heteroatoms. The highest BCUT2D eigenvalue weighted by molar-refractivity contribution is 8.00. The molecule has 3 unspecified atom stereocenters. The van der Waals surface area contributed by atoms with E-state index in [0.29, 0.717) is 17.5 Å². The van der Waals surface area contributed by atoms with E-state index in [2.05, 4.69) is 12.2 Å². The van der Waals surface area contributed by atoms with Crippen LogP contribution in [-0.2, 0) is 4.74 Å². The molecule has 0 aromatic carbocycles. The number of hydrogen-bond acceptors (Lipinski definition) is 3. The summed E-state index contributed by atoms with van der Waals surface area (Å²) in [4.78, 5) is 0. The van der Waals surface area contributed by atoms with Crippen LogP contribution in [0, 0.1) is 0 Å². The predicted molar refractivity (Wildman–Crippen MR) is 47.8 cm³/mol. The molecule has 0 saturated carbocycles. The summed E-state index contributed by atoms with van der Waals surface area (Å²) in [6, 6.07) is 0.675. The van der Waals surface area contributed by atoms with Gasteiger partial charge in [0.05, 0.1) is 11.5 Å². The second-order valence-electron chi connectivity index (χ2n) is 3.37. The fourth-order valence-corrected chi connectivity index (χ4v) is 3.03. The summed E-state index contributed by atoms with van der Waals surface area (Å²) in [6.07, 6.45) is 2.99. The average molecular weight is 173 g/mol. The maximum Gasteiger partial charge on any atom is 0.0822 e. The Kier molecular flexibility index (Phi) is 2.39. The predicted octanol–water partition coefficient (Wildman–Crippen LogP) is 1.22. The van der Waals surface area contributed by atoms with Crippen molar-refractivity contribution in [3.63, 3.8) is 0 Å². The van der Waals surface area contributed by atoms with Crippen LogP contribution in [0.3, 0.4) is 0 Å². The molecular weight excluding hydrogens is 158 g/mol. The van der Waals surface area contributed by atoms with E-state index >= 15 is 0 Å².